The van der Waals surface area contributed by atoms with E-state index in [-0.39, 0.29) is 11.8 Å². The maximum Gasteiger partial charge on any atom is 0.274 e. The number of rotatable bonds is 4. The van der Waals surface area contributed by atoms with Gasteiger partial charge in [-0.3, -0.25) is 14.8 Å². The first kappa shape index (κ1) is 14.9. The molecule has 1 fully saturated rings. The number of benzene rings is 2. The highest BCUT2D eigenvalue weighted by molar-refractivity contribution is 5.93. The molecule has 2 amide bonds. The normalized spacial score (nSPS) is 23.1. The third-order valence-electron chi connectivity index (χ3n) is 5.13. The fraction of sp³-hybridized carbons (Fsp3) is 0.263. The summed E-state index contributed by atoms with van der Waals surface area (Å²) in [7, 11) is 0. The maximum absolute atomic E-state index is 12.4. The van der Waals surface area contributed by atoms with Crippen LogP contribution in [0.2, 0.25) is 0 Å². The third-order valence-corrected chi connectivity index (χ3v) is 5.13. The molecule has 24 heavy (non-hydrogen) atoms. The van der Waals surface area contributed by atoms with Crippen molar-refractivity contribution < 1.29 is 14.8 Å². The highest BCUT2D eigenvalue weighted by Crippen LogP contribution is 2.61. The molecule has 3 N–H and O–H groups in total. The predicted octanol–water partition coefficient (Wildman–Crippen LogP) is 2.01. The Balaban J connectivity index is 1.35. The Kier molecular flexibility index (Phi) is 3.58. The smallest absolute Gasteiger partial charge is 0.274 e. The Bertz CT molecular complexity index is 801. The molecule has 5 nitrogen and oxygen atoms in total. The molecule has 0 aliphatic heterocycles. The molecule has 4 rings (SSSR count). The third kappa shape index (κ3) is 2.47. The van der Waals surface area contributed by atoms with Crippen LogP contribution in [-0.2, 0) is 17.8 Å². The zero-order chi connectivity index (χ0) is 16.7. The van der Waals surface area contributed by atoms with Crippen molar-refractivity contribution in [2.45, 2.75) is 18.9 Å². The molecule has 2 aromatic carbocycles. The van der Waals surface area contributed by atoms with Crippen LogP contribution in [0.4, 0.5) is 0 Å². The minimum absolute atomic E-state index is 0.0966. The second kappa shape index (κ2) is 5.76. The average Bonchev–Trinajstić information content (AvgIpc) is 3.21. The largest absolute Gasteiger partial charge is 0.352 e. The molecule has 122 valence electrons. The predicted molar refractivity (Wildman–Crippen MR) is 87.4 cm³/mol. The van der Waals surface area contributed by atoms with Gasteiger partial charge in [0.05, 0.1) is 0 Å². The first-order valence-corrected chi connectivity index (χ1v) is 8.08. The van der Waals surface area contributed by atoms with Crippen molar-refractivity contribution >= 4 is 11.8 Å². The van der Waals surface area contributed by atoms with Gasteiger partial charge in [0.15, 0.2) is 0 Å². The number of fused-ring (bicyclic) bond motifs is 3. The van der Waals surface area contributed by atoms with Crippen LogP contribution in [0.5, 0.6) is 0 Å². The molecule has 0 radical (unpaired) electrons. The van der Waals surface area contributed by atoms with Gasteiger partial charge in [0.2, 0.25) is 5.91 Å². The summed E-state index contributed by atoms with van der Waals surface area (Å²) in [5.74, 6) is 0.501. The van der Waals surface area contributed by atoms with E-state index < -0.39 is 5.91 Å². The van der Waals surface area contributed by atoms with Crippen LogP contribution in [0, 0.1) is 11.8 Å². The Labute approximate surface area is 139 Å². The number of hydrogen-bond donors (Lipinski definition) is 3. The summed E-state index contributed by atoms with van der Waals surface area (Å²) in [6.07, 6.45) is 1.00. The molecule has 2 aromatic rings. The van der Waals surface area contributed by atoms with Gasteiger partial charge in [0, 0.05) is 18.0 Å². The minimum Gasteiger partial charge on any atom is -0.352 e. The van der Waals surface area contributed by atoms with Gasteiger partial charge in [0.25, 0.3) is 5.91 Å². The van der Waals surface area contributed by atoms with Gasteiger partial charge in [0.1, 0.15) is 0 Å². The molecule has 3 atom stereocenters. The van der Waals surface area contributed by atoms with E-state index in [2.05, 4.69) is 23.5 Å². The Morgan fingerprint density at radius 2 is 1.83 bits per heavy atom. The monoisotopic (exact) mass is 322 g/mol. The number of amides is 2. The summed E-state index contributed by atoms with van der Waals surface area (Å²) in [6.45, 7) is 0.442. The Morgan fingerprint density at radius 1 is 1.08 bits per heavy atom. The van der Waals surface area contributed by atoms with Gasteiger partial charge in [-0.25, -0.2) is 5.48 Å². The SMILES string of the molecule is O=C(NO)c1ccc(CNC(=O)C2C3Cc4ccccc4C32)cc1. The summed E-state index contributed by atoms with van der Waals surface area (Å²) in [4.78, 5) is 23.7. The number of hydroxylamine groups is 1. The number of nitrogens with one attached hydrogen (secondary N) is 2. The summed E-state index contributed by atoms with van der Waals surface area (Å²) >= 11 is 0. The molecule has 0 bridgehead atoms. The van der Waals surface area contributed by atoms with Gasteiger partial charge in [-0.15, -0.1) is 0 Å². The second-order valence-corrected chi connectivity index (χ2v) is 6.47. The van der Waals surface area contributed by atoms with Crippen molar-refractivity contribution in [2.75, 3.05) is 0 Å². The number of carbonyl (C=O) groups excluding carboxylic acids is 2. The second-order valence-electron chi connectivity index (χ2n) is 6.47. The van der Waals surface area contributed by atoms with Crippen LogP contribution >= 0.6 is 0 Å². The van der Waals surface area contributed by atoms with E-state index >= 15 is 0 Å². The van der Waals surface area contributed by atoms with Crippen molar-refractivity contribution in [1.82, 2.24) is 10.8 Å². The summed E-state index contributed by atoms with van der Waals surface area (Å²) in [5, 5.41) is 11.6. The standard InChI is InChI=1S/C19H18N2O3/c22-18(21-24)12-7-5-11(6-8-12)10-20-19(23)17-15-9-13-3-1-2-4-14(13)16(15)17/h1-8,15-17,24H,9-10H2,(H,20,23)(H,21,22). The zero-order valence-electron chi connectivity index (χ0n) is 13.0. The van der Waals surface area contributed by atoms with Crippen LogP contribution in [0.25, 0.3) is 0 Å². The number of carbonyl (C=O) groups is 2. The molecular formula is C19H18N2O3. The summed E-state index contributed by atoms with van der Waals surface area (Å²) in [6, 6.07) is 15.2. The van der Waals surface area contributed by atoms with Gasteiger partial charge in [-0.2, -0.15) is 0 Å². The summed E-state index contributed by atoms with van der Waals surface area (Å²) in [5.41, 5.74) is 5.61. The van der Waals surface area contributed by atoms with E-state index in [0.29, 0.717) is 23.9 Å². The van der Waals surface area contributed by atoms with E-state index in [0.717, 1.165) is 12.0 Å². The fourth-order valence-electron chi connectivity index (χ4n) is 3.85. The van der Waals surface area contributed by atoms with Crippen molar-refractivity contribution in [3.8, 4) is 0 Å². The lowest BCUT2D eigenvalue weighted by molar-refractivity contribution is -0.122. The van der Waals surface area contributed by atoms with E-state index in [9.17, 15) is 9.59 Å². The van der Waals surface area contributed by atoms with Crippen molar-refractivity contribution in [3.63, 3.8) is 0 Å². The van der Waals surface area contributed by atoms with Gasteiger partial charge < -0.3 is 5.32 Å². The van der Waals surface area contributed by atoms with E-state index in [1.807, 2.05) is 6.07 Å². The molecule has 0 saturated heterocycles. The fourth-order valence-corrected chi connectivity index (χ4v) is 3.85. The number of hydrogen-bond acceptors (Lipinski definition) is 3. The lowest BCUT2D eigenvalue weighted by atomic mass is 10.0. The average molecular weight is 322 g/mol. The molecule has 0 heterocycles. The first-order chi connectivity index (χ1) is 11.7. The van der Waals surface area contributed by atoms with Crippen molar-refractivity contribution in [3.05, 3.63) is 70.8 Å². The van der Waals surface area contributed by atoms with Gasteiger partial charge in [-0.05, 0) is 47.1 Å². The highest BCUT2D eigenvalue weighted by atomic mass is 16.5. The molecule has 3 unspecified atom stereocenters. The quantitative estimate of drug-likeness (QED) is 0.595. The van der Waals surface area contributed by atoms with Crippen LogP contribution < -0.4 is 10.8 Å². The van der Waals surface area contributed by atoms with Crippen LogP contribution in [-0.4, -0.2) is 17.0 Å². The lowest BCUT2D eigenvalue weighted by Crippen LogP contribution is -2.26. The molecule has 1 saturated carbocycles. The van der Waals surface area contributed by atoms with E-state index in [1.165, 1.54) is 11.1 Å². The maximum atomic E-state index is 12.4. The molecule has 5 heteroatoms. The highest BCUT2D eigenvalue weighted by Gasteiger charge is 2.58. The van der Waals surface area contributed by atoms with Gasteiger partial charge in [-0.1, -0.05) is 36.4 Å². The minimum atomic E-state index is -0.546. The topological polar surface area (TPSA) is 78.4 Å². The molecular weight excluding hydrogens is 304 g/mol. The van der Waals surface area contributed by atoms with Crippen LogP contribution in [0.15, 0.2) is 48.5 Å². The molecule has 2 aliphatic rings. The Hall–Kier alpha value is -2.66. The zero-order valence-corrected chi connectivity index (χ0v) is 13.0. The first-order valence-electron chi connectivity index (χ1n) is 8.08. The van der Waals surface area contributed by atoms with E-state index in [4.69, 9.17) is 5.21 Å². The van der Waals surface area contributed by atoms with Gasteiger partial charge >= 0.3 is 0 Å². The van der Waals surface area contributed by atoms with Crippen molar-refractivity contribution in [1.29, 1.82) is 0 Å². The summed E-state index contributed by atoms with van der Waals surface area (Å²) < 4.78 is 0. The molecule has 0 aromatic heterocycles. The van der Waals surface area contributed by atoms with E-state index in [1.54, 1.807) is 29.7 Å². The van der Waals surface area contributed by atoms with Crippen LogP contribution in [0.3, 0.4) is 0 Å². The lowest BCUT2D eigenvalue weighted by Gasteiger charge is -2.09. The van der Waals surface area contributed by atoms with Crippen molar-refractivity contribution in [2.24, 2.45) is 11.8 Å². The Morgan fingerprint density at radius 3 is 2.58 bits per heavy atom. The molecule has 2 aliphatic carbocycles. The van der Waals surface area contributed by atoms with Crippen LogP contribution in [0.1, 0.15) is 33.0 Å². The molecule has 0 spiro atoms.